The van der Waals surface area contributed by atoms with E-state index < -0.39 is 0 Å². The third-order valence-corrected chi connectivity index (χ3v) is 3.56. The molecule has 1 nitrogen and oxygen atoms in total. The van der Waals surface area contributed by atoms with E-state index in [1.165, 1.54) is 37.3 Å². The van der Waals surface area contributed by atoms with Gasteiger partial charge in [0.1, 0.15) is 5.82 Å². The van der Waals surface area contributed by atoms with Gasteiger partial charge in [-0.05, 0) is 36.0 Å². The Bertz CT molecular complexity index is 348. The summed E-state index contributed by atoms with van der Waals surface area (Å²) >= 11 is 0. The highest BCUT2D eigenvalue weighted by Crippen LogP contribution is 2.38. The number of nitrogen functional groups attached to an aromatic ring is 1. The first-order valence-corrected chi connectivity index (χ1v) is 5.73. The Kier molecular flexibility index (Phi) is 2.94. The van der Waals surface area contributed by atoms with E-state index in [0.29, 0.717) is 11.8 Å². The third kappa shape index (κ3) is 2.14. The molecule has 0 radical (unpaired) electrons. The minimum atomic E-state index is -0.304. The van der Waals surface area contributed by atoms with Crippen LogP contribution in [0.25, 0.3) is 0 Å². The third-order valence-electron chi connectivity index (χ3n) is 3.56. The molecule has 0 bridgehead atoms. The van der Waals surface area contributed by atoms with Gasteiger partial charge in [0.2, 0.25) is 0 Å². The summed E-state index contributed by atoms with van der Waals surface area (Å²) in [5.41, 5.74) is 7.09. The minimum absolute atomic E-state index is 0.283. The SMILES string of the molecule is C[C@@H]1CCCC[C@@H]1c1ccc(F)c(N)c1. The number of anilines is 1. The highest BCUT2D eigenvalue weighted by molar-refractivity contribution is 5.43. The fourth-order valence-electron chi connectivity index (χ4n) is 2.60. The Balaban J connectivity index is 2.24. The Labute approximate surface area is 90.5 Å². The second-order valence-corrected chi connectivity index (χ2v) is 4.65. The summed E-state index contributed by atoms with van der Waals surface area (Å²) in [7, 11) is 0. The fraction of sp³-hybridized carbons (Fsp3) is 0.538. The van der Waals surface area contributed by atoms with Crippen molar-refractivity contribution < 1.29 is 4.39 Å². The number of nitrogens with two attached hydrogens (primary N) is 1. The van der Waals surface area contributed by atoms with Crippen molar-refractivity contribution in [3.8, 4) is 0 Å². The van der Waals surface area contributed by atoms with Crippen molar-refractivity contribution in [2.24, 2.45) is 5.92 Å². The molecule has 82 valence electrons. The van der Waals surface area contributed by atoms with Crippen LogP contribution in [0, 0.1) is 11.7 Å². The molecule has 0 spiro atoms. The maximum Gasteiger partial charge on any atom is 0.146 e. The summed E-state index contributed by atoms with van der Waals surface area (Å²) in [6.07, 6.45) is 5.11. The lowest BCUT2D eigenvalue weighted by atomic mass is 9.76. The van der Waals surface area contributed by atoms with Gasteiger partial charge in [0.15, 0.2) is 0 Å². The lowest BCUT2D eigenvalue weighted by Crippen LogP contribution is -2.15. The lowest BCUT2D eigenvalue weighted by Gasteiger charge is -2.29. The molecule has 1 aliphatic rings. The molecule has 0 amide bonds. The normalized spacial score (nSPS) is 26.5. The van der Waals surface area contributed by atoms with Crippen LogP contribution in [-0.4, -0.2) is 0 Å². The molecule has 2 N–H and O–H groups in total. The second kappa shape index (κ2) is 4.21. The van der Waals surface area contributed by atoms with Crippen LogP contribution in [0.4, 0.5) is 10.1 Å². The van der Waals surface area contributed by atoms with Crippen LogP contribution in [0.15, 0.2) is 18.2 Å². The molecule has 0 unspecified atom stereocenters. The van der Waals surface area contributed by atoms with Crippen molar-refractivity contribution in [3.05, 3.63) is 29.6 Å². The number of rotatable bonds is 1. The lowest BCUT2D eigenvalue weighted by molar-refractivity contribution is 0.330. The number of hydrogen-bond donors (Lipinski definition) is 1. The van der Waals surface area contributed by atoms with E-state index in [0.717, 1.165) is 0 Å². The van der Waals surface area contributed by atoms with Crippen LogP contribution in [0.1, 0.15) is 44.1 Å². The zero-order valence-electron chi connectivity index (χ0n) is 9.17. The summed E-state index contributed by atoms with van der Waals surface area (Å²) in [6.45, 7) is 2.28. The molecular weight excluding hydrogens is 189 g/mol. The highest BCUT2D eigenvalue weighted by atomic mass is 19.1. The first-order chi connectivity index (χ1) is 7.18. The van der Waals surface area contributed by atoms with E-state index in [1.54, 1.807) is 0 Å². The van der Waals surface area contributed by atoms with Gasteiger partial charge in [-0.1, -0.05) is 32.3 Å². The maximum absolute atomic E-state index is 13.0. The van der Waals surface area contributed by atoms with E-state index in [4.69, 9.17) is 5.73 Å². The van der Waals surface area contributed by atoms with Gasteiger partial charge >= 0.3 is 0 Å². The number of benzene rings is 1. The zero-order chi connectivity index (χ0) is 10.8. The Morgan fingerprint density at radius 3 is 2.67 bits per heavy atom. The summed E-state index contributed by atoms with van der Waals surface area (Å²) in [6, 6.07) is 5.19. The van der Waals surface area contributed by atoms with Gasteiger partial charge in [-0.25, -0.2) is 4.39 Å². The number of hydrogen-bond acceptors (Lipinski definition) is 1. The molecule has 1 aromatic carbocycles. The molecule has 2 atom stereocenters. The first-order valence-electron chi connectivity index (χ1n) is 5.73. The fourth-order valence-corrected chi connectivity index (χ4v) is 2.60. The van der Waals surface area contributed by atoms with E-state index in [9.17, 15) is 4.39 Å². The number of halogens is 1. The van der Waals surface area contributed by atoms with Gasteiger partial charge in [0.25, 0.3) is 0 Å². The zero-order valence-corrected chi connectivity index (χ0v) is 9.17. The summed E-state index contributed by atoms with van der Waals surface area (Å²) in [5, 5.41) is 0. The molecule has 1 aromatic rings. The molecule has 2 heteroatoms. The summed E-state index contributed by atoms with van der Waals surface area (Å²) < 4.78 is 13.0. The molecule has 0 saturated heterocycles. The largest absolute Gasteiger partial charge is 0.396 e. The molecule has 0 heterocycles. The van der Waals surface area contributed by atoms with E-state index in [1.807, 2.05) is 12.1 Å². The second-order valence-electron chi connectivity index (χ2n) is 4.65. The van der Waals surface area contributed by atoms with Crippen LogP contribution < -0.4 is 5.73 Å². The van der Waals surface area contributed by atoms with Crippen LogP contribution in [0.5, 0.6) is 0 Å². The quantitative estimate of drug-likeness (QED) is 0.698. The van der Waals surface area contributed by atoms with Crippen LogP contribution in [0.3, 0.4) is 0 Å². The van der Waals surface area contributed by atoms with Crippen molar-refractivity contribution in [3.63, 3.8) is 0 Å². The molecular formula is C13H18FN. The highest BCUT2D eigenvalue weighted by Gasteiger charge is 2.23. The van der Waals surface area contributed by atoms with Gasteiger partial charge in [0.05, 0.1) is 5.69 Å². The molecule has 0 aliphatic heterocycles. The average Bonchev–Trinajstić information content (AvgIpc) is 2.23. The molecule has 1 fully saturated rings. The Morgan fingerprint density at radius 2 is 2.00 bits per heavy atom. The van der Waals surface area contributed by atoms with E-state index >= 15 is 0 Å². The maximum atomic E-state index is 13.0. The Hall–Kier alpha value is -1.05. The van der Waals surface area contributed by atoms with E-state index in [2.05, 4.69) is 6.92 Å². The van der Waals surface area contributed by atoms with Gasteiger partial charge in [-0.2, -0.15) is 0 Å². The smallest absolute Gasteiger partial charge is 0.146 e. The van der Waals surface area contributed by atoms with Gasteiger partial charge in [-0.15, -0.1) is 0 Å². The summed E-state index contributed by atoms with van der Waals surface area (Å²) in [5.74, 6) is 0.965. The van der Waals surface area contributed by atoms with Crippen molar-refractivity contribution in [2.45, 2.75) is 38.5 Å². The predicted octanol–water partition coefficient (Wildman–Crippen LogP) is 3.70. The van der Waals surface area contributed by atoms with Crippen LogP contribution >= 0.6 is 0 Å². The minimum Gasteiger partial charge on any atom is -0.396 e. The average molecular weight is 207 g/mol. The predicted molar refractivity (Wildman–Crippen MR) is 61.2 cm³/mol. The molecule has 1 saturated carbocycles. The molecule has 1 aliphatic carbocycles. The standard InChI is InChI=1S/C13H18FN/c1-9-4-2-3-5-11(9)10-6-7-12(14)13(15)8-10/h6-9,11H,2-5,15H2,1H3/t9-,11+/m1/s1. The van der Waals surface area contributed by atoms with Gasteiger partial charge < -0.3 is 5.73 Å². The van der Waals surface area contributed by atoms with Crippen molar-refractivity contribution in [2.75, 3.05) is 5.73 Å². The van der Waals surface area contributed by atoms with Crippen molar-refractivity contribution >= 4 is 5.69 Å². The Morgan fingerprint density at radius 1 is 1.27 bits per heavy atom. The molecule has 15 heavy (non-hydrogen) atoms. The van der Waals surface area contributed by atoms with Gasteiger partial charge in [-0.3, -0.25) is 0 Å². The van der Waals surface area contributed by atoms with Crippen molar-refractivity contribution in [1.29, 1.82) is 0 Å². The molecule has 2 rings (SSSR count). The summed E-state index contributed by atoms with van der Waals surface area (Å²) in [4.78, 5) is 0. The van der Waals surface area contributed by atoms with Crippen molar-refractivity contribution in [1.82, 2.24) is 0 Å². The molecule has 0 aromatic heterocycles. The van der Waals surface area contributed by atoms with Gasteiger partial charge in [0, 0.05) is 0 Å². The topological polar surface area (TPSA) is 26.0 Å². The van der Waals surface area contributed by atoms with Crippen LogP contribution in [-0.2, 0) is 0 Å². The first kappa shape index (κ1) is 10.5. The van der Waals surface area contributed by atoms with E-state index in [-0.39, 0.29) is 11.5 Å². The monoisotopic (exact) mass is 207 g/mol. The van der Waals surface area contributed by atoms with Crippen LogP contribution in [0.2, 0.25) is 0 Å².